The summed E-state index contributed by atoms with van der Waals surface area (Å²) in [5.41, 5.74) is 9.97. The first-order valence-corrected chi connectivity index (χ1v) is 7.65. The van der Waals surface area contributed by atoms with Crippen LogP contribution in [0, 0.1) is 28.6 Å². The number of aliphatic imine (C=N–C) groups is 1. The number of nitriles is 2. The highest BCUT2D eigenvalue weighted by Crippen LogP contribution is 2.40. The Balaban J connectivity index is 2.27. The van der Waals surface area contributed by atoms with E-state index in [1.165, 1.54) is 0 Å². The maximum Gasteiger partial charge on any atom is 0.512 e. The Morgan fingerprint density at radius 1 is 1.21 bits per heavy atom. The fourth-order valence-corrected chi connectivity index (χ4v) is 2.81. The molecule has 1 aromatic heterocycles. The highest BCUT2D eigenvalue weighted by atomic mass is 19.4. The number of nitrogens with one attached hydrogen (secondary N) is 2. The molecule has 0 spiro atoms. The van der Waals surface area contributed by atoms with E-state index in [0.29, 0.717) is 12.1 Å². The molecule has 1 atom stereocenters. The summed E-state index contributed by atoms with van der Waals surface area (Å²) in [6.07, 6.45) is 1.61. The Labute approximate surface area is 155 Å². The van der Waals surface area contributed by atoms with Crippen LogP contribution in [0.4, 0.5) is 34.7 Å². The molecule has 3 rings (SSSR count). The number of fused-ring (bicyclic) bond motifs is 1. The standard InChI is InChI=1S/C15H10BF4N8/c17-9-2-1-6(3-8(9)16(18,19)20)12-10-11(23)7(4-21)13(24)27-14(10)28-15(26-12)25-5-22/h1-3,12H,(H6,23,24,25,26,27,28)/q-1. The van der Waals surface area contributed by atoms with Gasteiger partial charge >= 0.3 is 6.98 Å². The summed E-state index contributed by atoms with van der Waals surface area (Å²) < 4.78 is 53.2. The molecule has 0 bridgehead atoms. The van der Waals surface area contributed by atoms with Crippen molar-refractivity contribution in [2.75, 3.05) is 16.8 Å². The van der Waals surface area contributed by atoms with Crippen molar-refractivity contribution in [1.29, 1.82) is 10.5 Å². The fraction of sp³-hybridized carbons (Fsp3) is 0.0667. The van der Waals surface area contributed by atoms with E-state index in [1.54, 1.807) is 12.3 Å². The average Bonchev–Trinajstić information content (AvgIpc) is 2.61. The summed E-state index contributed by atoms with van der Waals surface area (Å²) in [5, 5.41) is 22.9. The number of nitrogens with zero attached hydrogens (tertiary/aromatic N) is 4. The first-order valence-electron chi connectivity index (χ1n) is 7.65. The number of anilines is 3. The van der Waals surface area contributed by atoms with Gasteiger partial charge in [0.2, 0.25) is 5.96 Å². The van der Waals surface area contributed by atoms with Crippen LogP contribution < -0.4 is 27.6 Å². The maximum absolute atomic E-state index is 13.7. The van der Waals surface area contributed by atoms with E-state index >= 15 is 0 Å². The molecule has 1 aliphatic rings. The molecular weight excluding hydrogens is 379 g/mol. The van der Waals surface area contributed by atoms with Crippen LogP contribution >= 0.6 is 0 Å². The molecule has 0 fully saturated rings. The zero-order chi connectivity index (χ0) is 20.6. The van der Waals surface area contributed by atoms with E-state index in [1.807, 2.05) is 0 Å². The first kappa shape index (κ1) is 18.8. The van der Waals surface area contributed by atoms with Gasteiger partial charge in [-0.1, -0.05) is 17.6 Å². The number of hydrogen-bond donors (Lipinski definition) is 4. The molecule has 142 valence electrons. The lowest BCUT2D eigenvalue weighted by molar-refractivity contribution is 0.494. The fourth-order valence-electron chi connectivity index (χ4n) is 2.81. The molecule has 0 saturated heterocycles. The second-order valence-corrected chi connectivity index (χ2v) is 5.76. The van der Waals surface area contributed by atoms with Crippen LogP contribution in [-0.4, -0.2) is 17.9 Å². The van der Waals surface area contributed by atoms with Crippen LogP contribution in [-0.2, 0) is 0 Å². The highest BCUT2D eigenvalue weighted by Gasteiger charge is 2.33. The summed E-state index contributed by atoms with van der Waals surface area (Å²) in [4.78, 5) is 8.10. The van der Waals surface area contributed by atoms with E-state index in [0.717, 1.165) is 6.07 Å². The van der Waals surface area contributed by atoms with E-state index < -0.39 is 24.3 Å². The van der Waals surface area contributed by atoms with Crippen molar-refractivity contribution in [3.63, 3.8) is 0 Å². The molecule has 8 nitrogen and oxygen atoms in total. The molecular formula is C15H10BF4N8-. The minimum absolute atomic E-state index is 0.00939. The molecule has 1 aromatic carbocycles. The number of nitrogen functional groups attached to an aromatic ring is 2. The Morgan fingerprint density at radius 2 is 1.93 bits per heavy atom. The van der Waals surface area contributed by atoms with E-state index in [4.69, 9.17) is 16.7 Å². The van der Waals surface area contributed by atoms with Gasteiger partial charge in [-0.05, 0) is 11.6 Å². The van der Waals surface area contributed by atoms with Crippen molar-refractivity contribution in [2.45, 2.75) is 6.04 Å². The Kier molecular flexibility index (Phi) is 4.44. The summed E-state index contributed by atoms with van der Waals surface area (Å²) in [7, 11) is 0. The topological polar surface area (TPSA) is 149 Å². The second kappa shape index (κ2) is 6.63. The van der Waals surface area contributed by atoms with E-state index in [9.17, 15) is 22.6 Å². The quantitative estimate of drug-likeness (QED) is 0.261. The zero-order valence-corrected chi connectivity index (χ0v) is 13.8. The average molecular weight is 389 g/mol. The molecule has 13 heteroatoms. The van der Waals surface area contributed by atoms with Gasteiger partial charge < -0.3 is 29.7 Å². The van der Waals surface area contributed by atoms with Gasteiger partial charge in [0.25, 0.3) is 0 Å². The maximum atomic E-state index is 13.7. The van der Waals surface area contributed by atoms with Gasteiger partial charge in [0, 0.05) is 5.56 Å². The first-order chi connectivity index (χ1) is 13.2. The minimum atomic E-state index is -5.62. The van der Waals surface area contributed by atoms with Crippen molar-refractivity contribution in [3.8, 4) is 12.3 Å². The van der Waals surface area contributed by atoms with Crippen LogP contribution in [0.1, 0.15) is 22.7 Å². The second-order valence-electron chi connectivity index (χ2n) is 5.76. The lowest BCUT2D eigenvalue weighted by atomic mass is 9.78. The SMILES string of the molecule is N#CNC1=NC(c2ccc(F)c([B-](F)(F)F)c2)c2c(nc(N)c(C#N)c2N)N1. The van der Waals surface area contributed by atoms with Gasteiger partial charge in [0.15, 0.2) is 6.19 Å². The number of hydrogen-bond acceptors (Lipinski definition) is 8. The van der Waals surface area contributed by atoms with Crippen molar-refractivity contribution >= 4 is 35.7 Å². The van der Waals surface area contributed by atoms with Crippen molar-refractivity contribution in [3.05, 3.63) is 40.7 Å². The Bertz CT molecular complexity index is 1080. The van der Waals surface area contributed by atoms with Gasteiger partial charge in [-0.15, -0.1) is 0 Å². The summed E-state index contributed by atoms with van der Waals surface area (Å²) in [5.74, 6) is -1.75. The van der Waals surface area contributed by atoms with Gasteiger partial charge in [-0.3, -0.25) is 5.32 Å². The predicted molar refractivity (Wildman–Crippen MR) is 94.5 cm³/mol. The molecule has 0 saturated carbocycles. The Morgan fingerprint density at radius 3 is 2.54 bits per heavy atom. The summed E-state index contributed by atoms with van der Waals surface area (Å²) >= 11 is 0. The predicted octanol–water partition coefficient (Wildman–Crippen LogP) is 1.25. The van der Waals surface area contributed by atoms with Gasteiger partial charge in [0.1, 0.15) is 29.3 Å². The summed E-state index contributed by atoms with van der Waals surface area (Å²) in [6, 6.07) is 2.97. The molecule has 0 radical (unpaired) electrons. The minimum Gasteiger partial charge on any atom is -0.445 e. The number of guanidine groups is 1. The Hall–Kier alpha value is -4.00. The van der Waals surface area contributed by atoms with Crippen LogP contribution in [0.25, 0.3) is 0 Å². The van der Waals surface area contributed by atoms with Crippen LogP contribution in [0.2, 0.25) is 0 Å². The largest absolute Gasteiger partial charge is 0.512 e. The molecule has 28 heavy (non-hydrogen) atoms. The molecule has 2 aromatic rings. The lowest BCUT2D eigenvalue weighted by Gasteiger charge is -2.27. The van der Waals surface area contributed by atoms with Crippen LogP contribution in [0.5, 0.6) is 0 Å². The van der Waals surface area contributed by atoms with Crippen molar-refractivity contribution in [2.24, 2.45) is 4.99 Å². The number of halogens is 4. The molecule has 0 aliphatic carbocycles. The van der Waals surface area contributed by atoms with E-state index in [-0.39, 0.29) is 40.0 Å². The number of aromatic nitrogens is 1. The van der Waals surface area contributed by atoms with Crippen molar-refractivity contribution < 1.29 is 17.3 Å². The van der Waals surface area contributed by atoms with Gasteiger partial charge in [0.05, 0.1) is 11.5 Å². The molecule has 1 unspecified atom stereocenters. The van der Waals surface area contributed by atoms with E-state index in [2.05, 4.69) is 20.6 Å². The lowest BCUT2D eigenvalue weighted by Crippen LogP contribution is -2.37. The monoisotopic (exact) mass is 389 g/mol. The zero-order valence-electron chi connectivity index (χ0n) is 13.8. The van der Waals surface area contributed by atoms with Gasteiger partial charge in [-0.25, -0.2) is 14.4 Å². The number of nitrogens with two attached hydrogens (primary N) is 2. The molecule has 6 N–H and O–H groups in total. The molecule has 2 heterocycles. The molecule has 1 aliphatic heterocycles. The number of rotatable bonds is 2. The third kappa shape index (κ3) is 3.10. The smallest absolute Gasteiger partial charge is 0.445 e. The number of pyridine rings is 1. The third-order valence-electron chi connectivity index (χ3n) is 4.05. The molecule has 0 amide bonds. The highest BCUT2D eigenvalue weighted by molar-refractivity contribution is 6.73. The van der Waals surface area contributed by atoms with Crippen LogP contribution in [0.15, 0.2) is 23.2 Å². The van der Waals surface area contributed by atoms with Crippen LogP contribution in [0.3, 0.4) is 0 Å². The summed E-state index contributed by atoms with van der Waals surface area (Å²) in [6.45, 7) is -5.62. The number of benzene rings is 1. The normalized spacial score (nSPS) is 15.5. The van der Waals surface area contributed by atoms with Crippen molar-refractivity contribution in [1.82, 2.24) is 10.3 Å². The van der Waals surface area contributed by atoms with Gasteiger partial charge in [-0.2, -0.15) is 10.5 Å². The third-order valence-corrected chi connectivity index (χ3v) is 4.05.